The van der Waals surface area contributed by atoms with Gasteiger partial charge in [-0.3, -0.25) is 14.6 Å². The molecule has 0 saturated heterocycles. The summed E-state index contributed by atoms with van der Waals surface area (Å²) in [7, 11) is 6.85. The highest BCUT2D eigenvalue weighted by molar-refractivity contribution is 6.04. The number of nitrogens with one attached hydrogen (secondary N) is 1. The van der Waals surface area contributed by atoms with Gasteiger partial charge in [-0.2, -0.15) is 0 Å². The average molecular weight is 602 g/mol. The van der Waals surface area contributed by atoms with Crippen molar-refractivity contribution in [2.24, 2.45) is 0 Å². The summed E-state index contributed by atoms with van der Waals surface area (Å²) in [5.41, 5.74) is 0.0399. The Balaban J connectivity index is 1.40. The Morgan fingerprint density at radius 1 is 0.932 bits per heavy atom. The van der Waals surface area contributed by atoms with Crippen LogP contribution in [0.15, 0.2) is 78.1 Å². The van der Waals surface area contributed by atoms with Crippen molar-refractivity contribution in [1.82, 2.24) is 19.4 Å². The third-order valence-corrected chi connectivity index (χ3v) is 6.77. The minimum atomic E-state index is -1.10. The quantitative estimate of drug-likeness (QED) is 0.228. The van der Waals surface area contributed by atoms with Crippen LogP contribution in [0.1, 0.15) is 10.4 Å². The van der Waals surface area contributed by atoms with Crippen LogP contribution in [-0.4, -0.2) is 60.2 Å². The van der Waals surface area contributed by atoms with Crippen molar-refractivity contribution in [3.05, 3.63) is 101 Å². The normalized spacial score (nSPS) is 11.1. The lowest BCUT2D eigenvalue weighted by Crippen LogP contribution is -2.26. The molecule has 5 rings (SSSR count). The maximum atomic E-state index is 14.0. The van der Waals surface area contributed by atoms with Crippen LogP contribution in [0, 0.1) is 11.6 Å². The maximum Gasteiger partial charge on any atom is 0.262 e. The Labute approximate surface area is 251 Å². The Hall–Kier alpha value is -5.36. The first-order chi connectivity index (χ1) is 21.2. The molecule has 3 heterocycles. The summed E-state index contributed by atoms with van der Waals surface area (Å²) in [5.74, 6) is -0.729. The number of amides is 1. The highest BCUT2D eigenvalue weighted by atomic mass is 19.2. The molecule has 0 aliphatic heterocycles. The number of rotatable bonds is 10. The van der Waals surface area contributed by atoms with Crippen LogP contribution >= 0.6 is 0 Å². The molecular weight excluding hydrogens is 572 g/mol. The first kappa shape index (κ1) is 30.1. The van der Waals surface area contributed by atoms with E-state index >= 15 is 0 Å². The summed E-state index contributed by atoms with van der Waals surface area (Å²) < 4.78 is 46.1. The molecule has 0 atom stereocenters. The van der Waals surface area contributed by atoms with E-state index in [9.17, 15) is 18.4 Å². The van der Waals surface area contributed by atoms with Gasteiger partial charge in [0.15, 0.2) is 23.1 Å². The van der Waals surface area contributed by atoms with Crippen molar-refractivity contribution >= 4 is 22.6 Å². The fourth-order valence-corrected chi connectivity index (χ4v) is 4.47. The van der Waals surface area contributed by atoms with Gasteiger partial charge in [-0.1, -0.05) is 6.07 Å². The van der Waals surface area contributed by atoms with Crippen molar-refractivity contribution in [3.8, 4) is 34.1 Å². The monoisotopic (exact) mass is 601 g/mol. The minimum Gasteiger partial charge on any atom is -0.493 e. The summed E-state index contributed by atoms with van der Waals surface area (Å²) >= 11 is 0. The van der Waals surface area contributed by atoms with Crippen LogP contribution in [0.3, 0.4) is 0 Å². The highest BCUT2D eigenvalue weighted by Crippen LogP contribution is 2.36. The average Bonchev–Trinajstić information content (AvgIpc) is 3.02. The van der Waals surface area contributed by atoms with Gasteiger partial charge in [0.25, 0.3) is 5.91 Å². The Bertz CT molecular complexity index is 1890. The number of fused-ring (bicyclic) bond motifs is 1. The molecule has 12 heteroatoms. The lowest BCUT2D eigenvalue weighted by molar-refractivity contribution is 0.102. The predicted molar refractivity (Wildman–Crippen MR) is 162 cm³/mol. The number of pyridine rings is 3. The van der Waals surface area contributed by atoms with Gasteiger partial charge in [-0.15, -0.1) is 0 Å². The zero-order valence-electron chi connectivity index (χ0n) is 24.4. The van der Waals surface area contributed by atoms with E-state index in [1.54, 1.807) is 42.1 Å². The molecule has 0 saturated carbocycles. The van der Waals surface area contributed by atoms with E-state index in [2.05, 4.69) is 15.3 Å². The molecule has 2 aromatic carbocycles. The molecule has 10 nitrogen and oxygen atoms in total. The number of likely N-dealkylation sites (N-methyl/N-ethyl adjacent to an activating group) is 1. The molecule has 1 N–H and O–H groups in total. The Morgan fingerprint density at radius 2 is 1.70 bits per heavy atom. The lowest BCUT2D eigenvalue weighted by Gasteiger charge is -2.15. The summed E-state index contributed by atoms with van der Waals surface area (Å²) in [5, 5.41) is 3.32. The topological polar surface area (TPSA) is 108 Å². The molecule has 0 spiro atoms. The summed E-state index contributed by atoms with van der Waals surface area (Å²) in [4.78, 5) is 37.2. The third kappa shape index (κ3) is 6.50. The molecule has 5 aromatic rings. The lowest BCUT2D eigenvalue weighted by atomic mass is 10.0. The van der Waals surface area contributed by atoms with Gasteiger partial charge in [0.1, 0.15) is 22.9 Å². The number of hydrogen-bond donors (Lipinski definition) is 1. The van der Waals surface area contributed by atoms with E-state index in [0.717, 1.165) is 12.1 Å². The van der Waals surface area contributed by atoms with E-state index < -0.39 is 23.0 Å². The Morgan fingerprint density at radius 3 is 2.39 bits per heavy atom. The minimum absolute atomic E-state index is 0.0610. The smallest absolute Gasteiger partial charge is 0.262 e. The molecular formula is C32H29F2N5O5. The summed E-state index contributed by atoms with van der Waals surface area (Å²) in [6, 6.07) is 11.5. The predicted octanol–water partition coefficient (Wildman–Crippen LogP) is 5.36. The maximum absolute atomic E-state index is 14.0. The standard InChI is InChI=1S/C32H29F2N5O5/c1-38(2)11-12-39-17-22(19-5-7-24(33)25(34)13-19)31(40)23(18-39)32(41)37-30-8-6-20(16-36-30)44-27-9-10-35-26-15-29(43-4)28(42-3)14-21(26)27/h5-10,13-18H,11-12H2,1-4H3,(H,36,37,41). The molecule has 0 unspecified atom stereocenters. The molecule has 0 fully saturated rings. The zero-order valence-corrected chi connectivity index (χ0v) is 24.4. The SMILES string of the molecule is COc1cc2nccc(Oc3ccc(NC(=O)c4cn(CCN(C)C)cc(-c5ccc(F)c(F)c5)c4=O)nc3)c2cc1OC. The summed E-state index contributed by atoms with van der Waals surface area (Å²) in [6.07, 6.45) is 5.98. The van der Waals surface area contributed by atoms with E-state index in [1.165, 1.54) is 37.8 Å². The number of hydrogen-bond acceptors (Lipinski definition) is 8. The van der Waals surface area contributed by atoms with Crippen molar-refractivity contribution in [2.45, 2.75) is 6.54 Å². The van der Waals surface area contributed by atoms with Gasteiger partial charge in [0, 0.05) is 48.7 Å². The fraction of sp³-hybridized carbons (Fsp3) is 0.188. The first-order valence-corrected chi connectivity index (χ1v) is 13.5. The van der Waals surface area contributed by atoms with Crippen LogP contribution in [0.2, 0.25) is 0 Å². The van der Waals surface area contributed by atoms with Crippen LogP contribution in [0.4, 0.5) is 14.6 Å². The van der Waals surface area contributed by atoms with E-state index in [-0.39, 0.29) is 22.5 Å². The fourth-order valence-electron chi connectivity index (χ4n) is 4.47. The van der Waals surface area contributed by atoms with Gasteiger partial charge in [0.05, 0.1) is 25.9 Å². The second kappa shape index (κ2) is 12.9. The van der Waals surface area contributed by atoms with Crippen LogP contribution in [0.25, 0.3) is 22.0 Å². The number of ether oxygens (including phenoxy) is 3. The molecule has 0 aliphatic rings. The van der Waals surface area contributed by atoms with Crippen LogP contribution in [-0.2, 0) is 6.54 Å². The molecule has 0 bridgehead atoms. The van der Waals surface area contributed by atoms with Gasteiger partial charge in [-0.05, 0) is 56.1 Å². The first-order valence-electron chi connectivity index (χ1n) is 13.5. The van der Waals surface area contributed by atoms with Crippen LogP contribution < -0.4 is 25.0 Å². The summed E-state index contributed by atoms with van der Waals surface area (Å²) in [6.45, 7) is 1.05. The van der Waals surface area contributed by atoms with E-state index in [4.69, 9.17) is 14.2 Å². The number of aromatic nitrogens is 3. The molecule has 3 aromatic heterocycles. The van der Waals surface area contributed by atoms with Gasteiger partial charge in [-0.25, -0.2) is 13.8 Å². The number of halogens is 2. The van der Waals surface area contributed by atoms with Gasteiger partial charge < -0.3 is 29.0 Å². The third-order valence-electron chi connectivity index (χ3n) is 6.77. The highest BCUT2D eigenvalue weighted by Gasteiger charge is 2.18. The molecule has 0 radical (unpaired) electrons. The zero-order chi connectivity index (χ0) is 31.4. The second-order valence-corrected chi connectivity index (χ2v) is 10.1. The van der Waals surface area contributed by atoms with Crippen molar-refractivity contribution < 1.29 is 27.8 Å². The largest absolute Gasteiger partial charge is 0.493 e. The number of carbonyl (C=O) groups excluding carboxylic acids is 1. The van der Waals surface area contributed by atoms with E-state index in [1.807, 2.05) is 19.0 Å². The molecule has 226 valence electrons. The number of anilines is 1. The van der Waals surface area contributed by atoms with Gasteiger partial charge in [0.2, 0.25) is 5.43 Å². The number of carbonyl (C=O) groups is 1. The Kier molecular flexibility index (Phi) is 8.81. The second-order valence-electron chi connectivity index (χ2n) is 10.1. The van der Waals surface area contributed by atoms with Gasteiger partial charge >= 0.3 is 0 Å². The van der Waals surface area contributed by atoms with Crippen molar-refractivity contribution in [1.29, 1.82) is 0 Å². The number of methoxy groups -OCH3 is 2. The number of nitrogens with zero attached hydrogens (tertiary/aromatic N) is 4. The molecule has 0 aliphatic carbocycles. The van der Waals surface area contributed by atoms with Crippen molar-refractivity contribution in [3.63, 3.8) is 0 Å². The van der Waals surface area contributed by atoms with Crippen molar-refractivity contribution in [2.75, 3.05) is 40.2 Å². The molecule has 1 amide bonds. The number of benzene rings is 2. The molecule has 44 heavy (non-hydrogen) atoms. The van der Waals surface area contributed by atoms with E-state index in [0.29, 0.717) is 47.0 Å². The van der Waals surface area contributed by atoms with Crippen LogP contribution in [0.5, 0.6) is 23.0 Å².